The van der Waals surface area contributed by atoms with Crippen LogP contribution in [0.4, 0.5) is 0 Å². The van der Waals surface area contributed by atoms with E-state index in [0.29, 0.717) is 6.04 Å². The molecule has 4 nitrogen and oxygen atoms in total. The van der Waals surface area contributed by atoms with Gasteiger partial charge in [0, 0.05) is 12.6 Å². The van der Waals surface area contributed by atoms with E-state index in [2.05, 4.69) is 23.3 Å². The van der Waals surface area contributed by atoms with Crippen molar-refractivity contribution in [3.8, 4) is 0 Å². The molecular formula is C15H26N2O2. The highest BCUT2D eigenvalue weighted by Gasteiger charge is 2.36. The topological polar surface area (TPSA) is 43.8 Å². The van der Waals surface area contributed by atoms with E-state index < -0.39 is 5.97 Å². The summed E-state index contributed by atoms with van der Waals surface area (Å²) in [5, 5.41) is 9.25. The van der Waals surface area contributed by atoms with Gasteiger partial charge in [0.15, 0.2) is 0 Å². The molecule has 0 amide bonds. The zero-order valence-electron chi connectivity index (χ0n) is 12.0. The van der Waals surface area contributed by atoms with E-state index in [1.807, 2.05) is 0 Å². The zero-order valence-corrected chi connectivity index (χ0v) is 12.0. The van der Waals surface area contributed by atoms with E-state index in [0.717, 1.165) is 58.3 Å². The number of hydrogen-bond donors (Lipinski definition) is 1. The minimum atomic E-state index is -0.640. The molecule has 19 heavy (non-hydrogen) atoms. The normalized spacial score (nSPS) is 26.7. The molecule has 0 bridgehead atoms. The van der Waals surface area contributed by atoms with Crippen LogP contribution in [-0.4, -0.2) is 59.1 Å². The van der Waals surface area contributed by atoms with Gasteiger partial charge in [-0.15, -0.1) is 0 Å². The molecular weight excluding hydrogens is 240 g/mol. The lowest BCUT2D eigenvalue weighted by Gasteiger charge is -2.38. The van der Waals surface area contributed by atoms with Crippen LogP contribution in [0.5, 0.6) is 0 Å². The van der Waals surface area contributed by atoms with E-state index in [-0.39, 0.29) is 6.04 Å². The Morgan fingerprint density at radius 1 is 1.26 bits per heavy atom. The van der Waals surface area contributed by atoms with Gasteiger partial charge in [-0.05, 0) is 51.7 Å². The second-order valence-corrected chi connectivity index (χ2v) is 5.84. The molecule has 2 rings (SSSR count). The summed E-state index contributed by atoms with van der Waals surface area (Å²) in [6.45, 7) is 10.3. The molecule has 4 heteroatoms. The molecule has 0 radical (unpaired) electrons. The lowest BCUT2D eigenvalue weighted by Crippen LogP contribution is -2.49. The average Bonchev–Trinajstić information content (AvgIpc) is 2.89. The lowest BCUT2D eigenvalue weighted by atomic mass is 10.0. The van der Waals surface area contributed by atoms with Crippen LogP contribution < -0.4 is 0 Å². The van der Waals surface area contributed by atoms with Gasteiger partial charge in [0.2, 0.25) is 0 Å². The van der Waals surface area contributed by atoms with Crippen molar-refractivity contribution in [1.82, 2.24) is 9.80 Å². The summed E-state index contributed by atoms with van der Waals surface area (Å²) < 4.78 is 0. The summed E-state index contributed by atoms with van der Waals surface area (Å²) in [5.41, 5.74) is 1.29. The van der Waals surface area contributed by atoms with Crippen LogP contribution in [0.15, 0.2) is 12.2 Å². The first-order valence-corrected chi connectivity index (χ1v) is 7.49. The van der Waals surface area contributed by atoms with E-state index in [1.165, 1.54) is 5.57 Å². The molecule has 108 valence electrons. The van der Waals surface area contributed by atoms with Crippen molar-refractivity contribution in [2.75, 3.05) is 26.2 Å². The highest BCUT2D eigenvalue weighted by molar-refractivity contribution is 5.73. The molecule has 2 aliphatic heterocycles. The summed E-state index contributed by atoms with van der Waals surface area (Å²) in [6.07, 6.45) is 5.10. The van der Waals surface area contributed by atoms with E-state index >= 15 is 0 Å². The Morgan fingerprint density at radius 3 is 2.53 bits per heavy atom. The predicted molar refractivity (Wildman–Crippen MR) is 76.3 cm³/mol. The quantitative estimate of drug-likeness (QED) is 0.773. The van der Waals surface area contributed by atoms with Crippen LogP contribution in [0.2, 0.25) is 0 Å². The van der Waals surface area contributed by atoms with Crippen molar-refractivity contribution in [3.63, 3.8) is 0 Å². The van der Waals surface area contributed by atoms with Crippen LogP contribution >= 0.6 is 0 Å². The largest absolute Gasteiger partial charge is 0.480 e. The molecule has 2 aliphatic rings. The number of hydrogen-bond acceptors (Lipinski definition) is 3. The molecule has 0 spiro atoms. The fraction of sp³-hybridized carbons (Fsp3) is 0.800. The van der Waals surface area contributed by atoms with Crippen molar-refractivity contribution in [2.24, 2.45) is 0 Å². The van der Waals surface area contributed by atoms with Crippen LogP contribution in [0.25, 0.3) is 0 Å². The van der Waals surface area contributed by atoms with Crippen LogP contribution in [0.1, 0.15) is 39.0 Å². The molecule has 1 unspecified atom stereocenters. The number of likely N-dealkylation sites (tertiary alicyclic amines) is 2. The van der Waals surface area contributed by atoms with Crippen LogP contribution in [0, 0.1) is 0 Å². The minimum absolute atomic E-state index is 0.234. The highest BCUT2D eigenvalue weighted by Crippen LogP contribution is 2.26. The molecule has 2 fully saturated rings. The SMILES string of the molecule is C=C(CC)CN1CCC(N2CCCC2C(=O)O)CC1. The Hall–Kier alpha value is -0.870. The monoisotopic (exact) mass is 266 g/mol. The average molecular weight is 266 g/mol. The molecule has 0 aliphatic carbocycles. The third-order valence-electron chi connectivity index (χ3n) is 4.55. The Balaban J connectivity index is 1.82. The van der Waals surface area contributed by atoms with Gasteiger partial charge in [-0.1, -0.05) is 19.1 Å². The second-order valence-electron chi connectivity index (χ2n) is 5.84. The molecule has 1 N–H and O–H groups in total. The van der Waals surface area contributed by atoms with Crippen LogP contribution in [-0.2, 0) is 4.79 Å². The number of carboxylic acid groups (broad SMARTS) is 1. The van der Waals surface area contributed by atoms with Crippen molar-refractivity contribution in [3.05, 3.63) is 12.2 Å². The van der Waals surface area contributed by atoms with Crippen molar-refractivity contribution < 1.29 is 9.90 Å². The Bertz CT molecular complexity index is 335. The molecule has 0 aromatic rings. The molecule has 0 aromatic carbocycles. The fourth-order valence-corrected chi connectivity index (χ4v) is 3.33. The maximum absolute atomic E-state index is 11.2. The predicted octanol–water partition coefficient (Wildman–Crippen LogP) is 1.97. The highest BCUT2D eigenvalue weighted by atomic mass is 16.4. The number of rotatable bonds is 5. The summed E-state index contributed by atoms with van der Waals surface area (Å²) in [7, 11) is 0. The van der Waals surface area contributed by atoms with Crippen molar-refractivity contribution in [2.45, 2.75) is 51.1 Å². The third-order valence-corrected chi connectivity index (χ3v) is 4.55. The molecule has 2 saturated heterocycles. The second kappa shape index (κ2) is 6.53. The Labute approximate surface area is 116 Å². The standard InChI is InChI=1S/C15H26N2O2/c1-3-12(2)11-16-9-6-13(7-10-16)17-8-4-5-14(17)15(18)19/h13-14H,2-11H2,1H3,(H,18,19). The first kappa shape index (κ1) is 14.5. The summed E-state index contributed by atoms with van der Waals surface area (Å²) in [5.74, 6) is -0.640. The molecule has 0 saturated carbocycles. The van der Waals surface area contributed by atoms with E-state index in [1.54, 1.807) is 0 Å². The Morgan fingerprint density at radius 2 is 1.95 bits per heavy atom. The summed E-state index contributed by atoms with van der Waals surface area (Å²) in [4.78, 5) is 15.9. The van der Waals surface area contributed by atoms with Gasteiger partial charge in [-0.3, -0.25) is 14.6 Å². The fourth-order valence-electron chi connectivity index (χ4n) is 3.33. The van der Waals surface area contributed by atoms with Gasteiger partial charge in [-0.25, -0.2) is 0 Å². The van der Waals surface area contributed by atoms with E-state index in [4.69, 9.17) is 0 Å². The van der Waals surface area contributed by atoms with Crippen molar-refractivity contribution >= 4 is 5.97 Å². The number of piperidine rings is 1. The van der Waals surface area contributed by atoms with Crippen molar-refractivity contribution in [1.29, 1.82) is 0 Å². The first-order chi connectivity index (χ1) is 9.11. The third kappa shape index (κ3) is 3.57. The maximum atomic E-state index is 11.2. The maximum Gasteiger partial charge on any atom is 0.320 e. The smallest absolute Gasteiger partial charge is 0.320 e. The molecule has 0 aromatic heterocycles. The zero-order chi connectivity index (χ0) is 13.8. The summed E-state index contributed by atoms with van der Waals surface area (Å²) in [6, 6.07) is 0.233. The van der Waals surface area contributed by atoms with Gasteiger partial charge in [0.05, 0.1) is 0 Å². The first-order valence-electron chi connectivity index (χ1n) is 7.49. The number of aliphatic carboxylic acids is 1. The Kier molecular flexibility index (Phi) is 4.99. The van der Waals surface area contributed by atoms with Crippen LogP contribution in [0.3, 0.4) is 0 Å². The van der Waals surface area contributed by atoms with Gasteiger partial charge < -0.3 is 5.11 Å². The number of carboxylic acids is 1. The van der Waals surface area contributed by atoms with Gasteiger partial charge in [0.25, 0.3) is 0 Å². The molecule has 1 atom stereocenters. The molecule has 2 heterocycles. The lowest BCUT2D eigenvalue weighted by molar-refractivity contribution is -0.143. The number of nitrogens with zero attached hydrogens (tertiary/aromatic N) is 2. The van der Waals surface area contributed by atoms with Gasteiger partial charge >= 0.3 is 5.97 Å². The minimum Gasteiger partial charge on any atom is -0.480 e. The van der Waals surface area contributed by atoms with Gasteiger partial charge in [0.1, 0.15) is 6.04 Å². The van der Waals surface area contributed by atoms with E-state index in [9.17, 15) is 9.90 Å². The number of carbonyl (C=O) groups is 1. The van der Waals surface area contributed by atoms with Gasteiger partial charge in [-0.2, -0.15) is 0 Å². The summed E-state index contributed by atoms with van der Waals surface area (Å²) >= 11 is 0.